The van der Waals surface area contributed by atoms with Crippen LogP contribution in [0.25, 0.3) is 10.2 Å². The largest absolute Gasteiger partial charge is 0.261 e. The molecule has 3 aromatic heterocycles. The second kappa shape index (κ2) is 5.30. The van der Waals surface area contributed by atoms with Gasteiger partial charge in [0.05, 0.1) is 11.6 Å². The van der Waals surface area contributed by atoms with Crippen molar-refractivity contribution in [1.29, 1.82) is 0 Å². The van der Waals surface area contributed by atoms with E-state index in [2.05, 4.69) is 52.7 Å². The zero-order valence-electron chi connectivity index (χ0n) is 11.5. The number of hydrogen-bond acceptors (Lipinski definition) is 6. The van der Waals surface area contributed by atoms with Crippen LogP contribution in [0.15, 0.2) is 22.9 Å². The van der Waals surface area contributed by atoms with Gasteiger partial charge in [0.25, 0.3) is 0 Å². The van der Waals surface area contributed by atoms with Gasteiger partial charge in [0.15, 0.2) is 5.82 Å². The minimum atomic E-state index is 0.766. The van der Waals surface area contributed by atoms with Crippen molar-refractivity contribution in [2.75, 3.05) is 5.43 Å². The smallest absolute Gasteiger partial charge is 0.158 e. The van der Waals surface area contributed by atoms with Crippen molar-refractivity contribution in [2.24, 2.45) is 5.10 Å². The van der Waals surface area contributed by atoms with E-state index in [1.165, 1.54) is 16.0 Å². The van der Waals surface area contributed by atoms with Crippen molar-refractivity contribution >= 4 is 44.9 Å². The Morgan fingerprint density at radius 3 is 2.85 bits per heavy atom. The molecule has 0 amide bonds. The Morgan fingerprint density at radius 1 is 1.25 bits per heavy atom. The van der Waals surface area contributed by atoms with Gasteiger partial charge in [0.1, 0.15) is 11.2 Å². The molecule has 0 aliphatic rings. The van der Waals surface area contributed by atoms with Crippen molar-refractivity contribution in [3.63, 3.8) is 0 Å². The predicted octanol–water partition coefficient (Wildman–Crippen LogP) is 4.12. The van der Waals surface area contributed by atoms with Gasteiger partial charge in [-0.2, -0.15) is 5.10 Å². The standard InChI is InChI=1S/C14H14N4S2/c1-8-4-5-19-11(8)6-17-18-13-12-9(2)10(3)20-14(12)16-7-15-13/h4-7H,1-3H3,(H,15,16,18)/b17-6-. The second-order valence-corrected chi connectivity index (χ2v) is 6.67. The SMILES string of the molecule is Cc1ccsc1/C=N\Nc1ncnc2sc(C)c(C)c12. The zero-order valence-corrected chi connectivity index (χ0v) is 13.1. The molecule has 20 heavy (non-hydrogen) atoms. The summed E-state index contributed by atoms with van der Waals surface area (Å²) in [7, 11) is 0. The van der Waals surface area contributed by atoms with Crippen molar-refractivity contribution < 1.29 is 0 Å². The maximum atomic E-state index is 4.31. The van der Waals surface area contributed by atoms with Gasteiger partial charge in [0, 0.05) is 9.75 Å². The number of aromatic nitrogens is 2. The molecule has 0 saturated heterocycles. The first-order valence-corrected chi connectivity index (χ1v) is 7.90. The highest BCUT2D eigenvalue weighted by molar-refractivity contribution is 7.18. The molecule has 3 rings (SSSR count). The van der Waals surface area contributed by atoms with Crippen LogP contribution in [0.2, 0.25) is 0 Å². The fraction of sp³-hybridized carbons (Fsp3) is 0.214. The summed E-state index contributed by atoms with van der Waals surface area (Å²) in [4.78, 5) is 12.0. The molecule has 0 saturated carbocycles. The molecule has 1 N–H and O–H groups in total. The Balaban J connectivity index is 1.92. The lowest BCUT2D eigenvalue weighted by Gasteiger charge is -2.01. The number of rotatable bonds is 3. The first-order chi connectivity index (χ1) is 9.66. The minimum Gasteiger partial charge on any atom is -0.261 e. The number of aryl methyl sites for hydroxylation is 3. The van der Waals surface area contributed by atoms with E-state index in [9.17, 15) is 0 Å². The molecule has 0 aliphatic heterocycles. The van der Waals surface area contributed by atoms with E-state index in [0.717, 1.165) is 20.9 Å². The fourth-order valence-corrected chi connectivity index (χ4v) is 3.72. The Hall–Kier alpha value is -1.79. The highest BCUT2D eigenvalue weighted by Crippen LogP contribution is 2.32. The van der Waals surface area contributed by atoms with Crippen LogP contribution in [-0.2, 0) is 0 Å². The first kappa shape index (κ1) is 13.2. The third-order valence-electron chi connectivity index (χ3n) is 3.22. The summed E-state index contributed by atoms with van der Waals surface area (Å²) >= 11 is 3.36. The first-order valence-electron chi connectivity index (χ1n) is 6.20. The molecule has 3 heterocycles. The van der Waals surface area contributed by atoms with Crippen LogP contribution in [0.5, 0.6) is 0 Å². The van der Waals surface area contributed by atoms with Gasteiger partial charge in [0.2, 0.25) is 0 Å². The molecule has 3 aromatic rings. The van der Waals surface area contributed by atoms with Gasteiger partial charge in [-0.15, -0.1) is 22.7 Å². The molecule has 0 radical (unpaired) electrons. The number of nitrogens with one attached hydrogen (secondary N) is 1. The molecule has 0 aliphatic carbocycles. The molecule has 0 atom stereocenters. The number of hydrogen-bond donors (Lipinski definition) is 1. The van der Waals surface area contributed by atoms with E-state index < -0.39 is 0 Å². The van der Waals surface area contributed by atoms with Crippen LogP contribution in [0, 0.1) is 20.8 Å². The van der Waals surface area contributed by atoms with E-state index in [-0.39, 0.29) is 0 Å². The normalized spacial score (nSPS) is 11.6. The molecule has 0 fully saturated rings. The summed E-state index contributed by atoms with van der Waals surface area (Å²) in [6.07, 6.45) is 3.41. The summed E-state index contributed by atoms with van der Waals surface area (Å²) in [6, 6.07) is 2.08. The van der Waals surface area contributed by atoms with Gasteiger partial charge >= 0.3 is 0 Å². The summed E-state index contributed by atoms with van der Waals surface area (Å²) in [5.74, 6) is 0.766. The van der Waals surface area contributed by atoms with E-state index >= 15 is 0 Å². The zero-order chi connectivity index (χ0) is 14.1. The monoisotopic (exact) mass is 302 g/mol. The highest BCUT2D eigenvalue weighted by Gasteiger charge is 2.11. The van der Waals surface area contributed by atoms with Crippen molar-refractivity contribution in [3.8, 4) is 0 Å². The molecule has 0 aromatic carbocycles. The average molecular weight is 302 g/mol. The van der Waals surface area contributed by atoms with Crippen LogP contribution in [0.4, 0.5) is 5.82 Å². The molecule has 0 unspecified atom stereocenters. The second-order valence-electron chi connectivity index (χ2n) is 4.52. The van der Waals surface area contributed by atoms with E-state index in [1.54, 1.807) is 29.0 Å². The van der Waals surface area contributed by atoms with Gasteiger partial charge in [-0.1, -0.05) is 0 Å². The fourth-order valence-electron chi connectivity index (χ4n) is 1.94. The Kier molecular flexibility index (Phi) is 3.50. The van der Waals surface area contributed by atoms with E-state index in [1.807, 2.05) is 6.21 Å². The number of fused-ring (bicyclic) bond motifs is 1. The van der Waals surface area contributed by atoms with Crippen LogP contribution < -0.4 is 5.43 Å². The average Bonchev–Trinajstić information content (AvgIpc) is 2.96. The van der Waals surface area contributed by atoms with Crippen molar-refractivity contribution in [1.82, 2.24) is 9.97 Å². The Labute approximate surface area is 125 Å². The number of nitrogens with zero attached hydrogens (tertiary/aromatic N) is 3. The highest BCUT2D eigenvalue weighted by atomic mass is 32.1. The summed E-state index contributed by atoms with van der Waals surface area (Å²) in [5, 5.41) is 7.42. The number of hydrazone groups is 1. The van der Waals surface area contributed by atoms with Crippen LogP contribution >= 0.6 is 22.7 Å². The van der Waals surface area contributed by atoms with Crippen molar-refractivity contribution in [2.45, 2.75) is 20.8 Å². The molecule has 102 valence electrons. The molecular weight excluding hydrogens is 288 g/mol. The number of anilines is 1. The molecule has 0 bridgehead atoms. The quantitative estimate of drug-likeness (QED) is 0.585. The topological polar surface area (TPSA) is 50.2 Å². The Bertz CT molecular complexity index is 786. The van der Waals surface area contributed by atoms with Crippen LogP contribution in [0.1, 0.15) is 20.9 Å². The van der Waals surface area contributed by atoms with E-state index in [4.69, 9.17) is 0 Å². The predicted molar refractivity (Wildman–Crippen MR) is 87.2 cm³/mol. The lowest BCUT2D eigenvalue weighted by molar-refractivity contribution is 1.19. The molecule has 0 spiro atoms. The molecular formula is C14H14N4S2. The van der Waals surface area contributed by atoms with Gasteiger partial charge < -0.3 is 0 Å². The summed E-state index contributed by atoms with van der Waals surface area (Å²) in [6.45, 7) is 6.27. The van der Waals surface area contributed by atoms with Gasteiger partial charge in [-0.05, 0) is 43.3 Å². The van der Waals surface area contributed by atoms with E-state index in [0.29, 0.717) is 0 Å². The third kappa shape index (κ3) is 2.32. The van der Waals surface area contributed by atoms with Crippen LogP contribution in [-0.4, -0.2) is 16.2 Å². The van der Waals surface area contributed by atoms with Gasteiger partial charge in [-0.3, -0.25) is 5.43 Å². The Morgan fingerprint density at radius 2 is 2.10 bits per heavy atom. The maximum absolute atomic E-state index is 4.31. The lowest BCUT2D eigenvalue weighted by Crippen LogP contribution is -1.95. The molecule has 6 heteroatoms. The lowest BCUT2D eigenvalue weighted by atomic mass is 10.2. The molecule has 4 nitrogen and oxygen atoms in total. The summed E-state index contributed by atoms with van der Waals surface area (Å²) < 4.78 is 0. The number of thiophene rings is 2. The van der Waals surface area contributed by atoms with Crippen LogP contribution in [0.3, 0.4) is 0 Å². The van der Waals surface area contributed by atoms with Gasteiger partial charge in [-0.25, -0.2) is 9.97 Å². The third-order valence-corrected chi connectivity index (χ3v) is 5.29. The van der Waals surface area contributed by atoms with Crippen molar-refractivity contribution in [3.05, 3.63) is 38.7 Å². The maximum Gasteiger partial charge on any atom is 0.158 e. The summed E-state index contributed by atoms with van der Waals surface area (Å²) in [5.41, 5.74) is 5.49. The minimum absolute atomic E-state index is 0.766.